The molecule has 0 aliphatic carbocycles. The summed E-state index contributed by atoms with van der Waals surface area (Å²) in [4.78, 5) is 25.5. The molecule has 102 valence electrons. The largest absolute Gasteiger partial charge is 0.464 e. The zero-order valence-electron chi connectivity index (χ0n) is 11.6. The number of carbonyl (C=O) groups excluding carboxylic acids is 2. The van der Waals surface area contributed by atoms with Crippen LogP contribution in [0.2, 0.25) is 0 Å². The monoisotopic (exact) mass is 261 g/mol. The number of nitrogens with zero attached hydrogens (tertiary/aromatic N) is 1. The van der Waals surface area contributed by atoms with Gasteiger partial charge in [0.1, 0.15) is 6.04 Å². The Morgan fingerprint density at radius 2 is 2.11 bits per heavy atom. The van der Waals surface area contributed by atoms with Crippen molar-refractivity contribution in [2.45, 2.75) is 39.7 Å². The number of anilines is 1. The molecule has 1 aliphatic heterocycles. The molecule has 1 saturated heterocycles. The molecule has 4 heteroatoms. The Balaban J connectivity index is 2.31. The van der Waals surface area contributed by atoms with Crippen molar-refractivity contribution in [3.8, 4) is 0 Å². The van der Waals surface area contributed by atoms with Crippen LogP contribution in [0.25, 0.3) is 0 Å². The number of hydrogen-bond donors (Lipinski definition) is 0. The van der Waals surface area contributed by atoms with Crippen molar-refractivity contribution in [1.29, 1.82) is 0 Å². The van der Waals surface area contributed by atoms with Gasteiger partial charge >= 0.3 is 5.97 Å². The second-order valence-corrected chi connectivity index (χ2v) is 4.84. The molecule has 1 fully saturated rings. The molecular formula is C15H19NO3. The third-order valence-corrected chi connectivity index (χ3v) is 3.54. The molecule has 1 aromatic rings. The van der Waals surface area contributed by atoms with E-state index in [4.69, 9.17) is 4.74 Å². The quantitative estimate of drug-likeness (QED) is 0.785. The molecule has 1 aromatic carbocycles. The lowest BCUT2D eigenvalue weighted by atomic mass is 10.1. The Bertz CT molecular complexity index is 510. The SMILES string of the molecule is CCOC(=O)C1CCC(=O)N1c1ccc(C)c(C)c1. The lowest BCUT2D eigenvalue weighted by Gasteiger charge is -2.24. The van der Waals surface area contributed by atoms with Gasteiger partial charge in [0.05, 0.1) is 6.61 Å². The summed E-state index contributed by atoms with van der Waals surface area (Å²) in [6.45, 7) is 6.13. The molecule has 1 heterocycles. The smallest absolute Gasteiger partial charge is 0.329 e. The Morgan fingerprint density at radius 1 is 1.37 bits per heavy atom. The maximum Gasteiger partial charge on any atom is 0.329 e. The number of ether oxygens (including phenoxy) is 1. The molecule has 0 aromatic heterocycles. The minimum atomic E-state index is -0.477. The first kappa shape index (κ1) is 13.6. The van der Waals surface area contributed by atoms with Crippen LogP contribution in [0.1, 0.15) is 30.9 Å². The summed E-state index contributed by atoms with van der Waals surface area (Å²) in [7, 11) is 0. The summed E-state index contributed by atoms with van der Waals surface area (Å²) in [6.07, 6.45) is 0.932. The predicted octanol–water partition coefficient (Wildman–Crippen LogP) is 2.36. The maximum absolute atomic E-state index is 12.0. The number of amides is 1. The van der Waals surface area contributed by atoms with E-state index < -0.39 is 6.04 Å². The molecule has 0 radical (unpaired) electrons. The van der Waals surface area contributed by atoms with Crippen molar-refractivity contribution < 1.29 is 14.3 Å². The van der Waals surface area contributed by atoms with Crippen LogP contribution in [0.3, 0.4) is 0 Å². The van der Waals surface area contributed by atoms with Crippen LogP contribution in [0.15, 0.2) is 18.2 Å². The van der Waals surface area contributed by atoms with Gasteiger partial charge in [0.15, 0.2) is 0 Å². The van der Waals surface area contributed by atoms with E-state index in [2.05, 4.69) is 0 Å². The van der Waals surface area contributed by atoms with Crippen LogP contribution in [-0.4, -0.2) is 24.5 Å². The van der Waals surface area contributed by atoms with Gasteiger partial charge < -0.3 is 4.74 Å². The molecule has 2 rings (SSSR count). The van der Waals surface area contributed by atoms with Gasteiger partial charge in [0.2, 0.25) is 5.91 Å². The third-order valence-electron chi connectivity index (χ3n) is 3.54. The summed E-state index contributed by atoms with van der Waals surface area (Å²) in [6, 6.07) is 5.33. The van der Waals surface area contributed by atoms with Crippen molar-refractivity contribution >= 4 is 17.6 Å². The molecule has 0 bridgehead atoms. The number of esters is 1. The first-order chi connectivity index (χ1) is 9.04. The van der Waals surface area contributed by atoms with Crippen LogP contribution in [0.5, 0.6) is 0 Å². The predicted molar refractivity (Wildman–Crippen MR) is 73.1 cm³/mol. The maximum atomic E-state index is 12.0. The first-order valence-corrected chi connectivity index (χ1v) is 6.60. The topological polar surface area (TPSA) is 46.6 Å². The number of carbonyl (C=O) groups is 2. The fourth-order valence-electron chi connectivity index (χ4n) is 2.34. The van der Waals surface area contributed by atoms with E-state index in [-0.39, 0.29) is 11.9 Å². The Kier molecular flexibility index (Phi) is 3.88. The van der Waals surface area contributed by atoms with Crippen LogP contribution < -0.4 is 4.90 Å². The van der Waals surface area contributed by atoms with E-state index in [0.29, 0.717) is 19.4 Å². The average Bonchev–Trinajstić information content (AvgIpc) is 2.75. The zero-order valence-corrected chi connectivity index (χ0v) is 11.6. The number of hydrogen-bond acceptors (Lipinski definition) is 3. The molecule has 0 spiro atoms. The van der Waals surface area contributed by atoms with E-state index in [9.17, 15) is 9.59 Å². The highest BCUT2D eigenvalue weighted by Gasteiger charge is 2.38. The second-order valence-electron chi connectivity index (χ2n) is 4.84. The van der Waals surface area contributed by atoms with Gasteiger partial charge in [-0.25, -0.2) is 4.79 Å². The van der Waals surface area contributed by atoms with Crippen molar-refractivity contribution in [3.05, 3.63) is 29.3 Å². The van der Waals surface area contributed by atoms with Gasteiger partial charge in [-0.3, -0.25) is 9.69 Å². The van der Waals surface area contributed by atoms with Gasteiger partial charge in [0, 0.05) is 12.1 Å². The highest BCUT2D eigenvalue weighted by Crippen LogP contribution is 2.28. The fourth-order valence-corrected chi connectivity index (χ4v) is 2.34. The van der Waals surface area contributed by atoms with Crippen LogP contribution in [0.4, 0.5) is 5.69 Å². The van der Waals surface area contributed by atoms with Crippen molar-refractivity contribution in [2.75, 3.05) is 11.5 Å². The van der Waals surface area contributed by atoms with Crippen molar-refractivity contribution in [2.24, 2.45) is 0 Å². The van der Waals surface area contributed by atoms with E-state index in [1.54, 1.807) is 11.8 Å². The Labute approximate surface area is 113 Å². The van der Waals surface area contributed by atoms with Crippen molar-refractivity contribution in [1.82, 2.24) is 0 Å². The van der Waals surface area contributed by atoms with Gasteiger partial charge in [-0.15, -0.1) is 0 Å². The first-order valence-electron chi connectivity index (χ1n) is 6.60. The van der Waals surface area contributed by atoms with E-state index in [1.165, 1.54) is 5.56 Å². The third kappa shape index (κ3) is 2.62. The average molecular weight is 261 g/mol. The molecule has 19 heavy (non-hydrogen) atoms. The molecular weight excluding hydrogens is 242 g/mol. The van der Waals surface area contributed by atoms with Gasteiger partial charge in [-0.2, -0.15) is 0 Å². The number of rotatable bonds is 3. The Morgan fingerprint density at radius 3 is 2.74 bits per heavy atom. The standard InChI is InChI=1S/C15H19NO3/c1-4-19-15(18)13-7-8-14(17)16(13)12-6-5-10(2)11(3)9-12/h5-6,9,13H,4,7-8H2,1-3H3. The van der Waals surface area contributed by atoms with E-state index >= 15 is 0 Å². The summed E-state index contributed by atoms with van der Waals surface area (Å²) in [5.74, 6) is -0.326. The van der Waals surface area contributed by atoms with Crippen LogP contribution >= 0.6 is 0 Å². The second kappa shape index (κ2) is 5.43. The van der Waals surface area contributed by atoms with Gasteiger partial charge in [-0.05, 0) is 50.5 Å². The summed E-state index contributed by atoms with van der Waals surface area (Å²) >= 11 is 0. The number of aryl methyl sites for hydroxylation is 2. The molecule has 1 aliphatic rings. The molecule has 1 amide bonds. The van der Waals surface area contributed by atoms with E-state index in [0.717, 1.165) is 11.3 Å². The minimum absolute atomic E-state index is 0.0127. The zero-order chi connectivity index (χ0) is 14.0. The highest BCUT2D eigenvalue weighted by atomic mass is 16.5. The highest BCUT2D eigenvalue weighted by molar-refractivity contribution is 6.02. The van der Waals surface area contributed by atoms with Crippen LogP contribution in [0, 0.1) is 13.8 Å². The van der Waals surface area contributed by atoms with Crippen LogP contribution in [-0.2, 0) is 14.3 Å². The number of benzene rings is 1. The molecule has 4 nitrogen and oxygen atoms in total. The Hall–Kier alpha value is -1.84. The molecule has 0 N–H and O–H groups in total. The molecule has 1 atom stereocenters. The molecule has 1 unspecified atom stereocenters. The normalized spacial score (nSPS) is 18.8. The summed E-state index contributed by atoms with van der Waals surface area (Å²) in [5, 5.41) is 0. The minimum Gasteiger partial charge on any atom is -0.464 e. The van der Waals surface area contributed by atoms with Gasteiger partial charge in [0.25, 0.3) is 0 Å². The molecule has 0 saturated carbocycles. The lowest BCUT2D eigenvalue weighted by molar-refractivity contribution is -0.144. The fraction of sp³-hybridized carbons (Fsp3) is 0.467. The van der Waals surface area contributed by atoms with Crippen molar-refractivity contribution in [3.63, 3.8) is 0 Å². The lowest BCUT2D eigenvalue weighted by Crippen LogP contribution is -2.39. The van der Waals surface area contributed by atoms with Gasteiger partial charge in [-0.1, -0.05) is 6.07 Å². The van der Waals surface area contributed by atoms with E-state index in [1.807, 2.05) is 32.0 Å². The summed E-state index contributed by atoms with van der Waals surface area (Å²) < 4.78 is 5.05. The summed E-state index contributed by atoms with van der Waals surface area (Å²) in [5.41, 5.74) is 3.06.